The normalized spacial score (nSPS) is 10.5. The van der Waals surface area contributed by atoms with Crippen molar-refractivity contribution in [3.8, 4) is 0 Å². The Kier molecular flexibility index (Phi) is 1.55. The minimum Gasteiger partial charge on any atom is -0.478 e. The lowest BCUT2D eigenvalue weighted by molar-refractivity contribution is 0.0699. The topological polar surface area (TPSA) is 66.0 Å². The number of hydrogen-bond donors (Lipinski definition) is 2. The van der Waals surface area contributed by atoms with Gasteiger partial charge in [-0.25, -0.2) is 4.79 Å². The van der Waals surface area contributed by atoms with E-state index in [0.717, 1.165) is 11.2 Å². The highest BCUT2D eigenvalue weighted by atomic mass is 16.4. The van der Waals surface area contributed by atoms with Crippen molar-refractivity contribution in [3.05, 3.63) is 29.7 Å². The van der Waals surface area contributed by atoms with E-state index in [1.165, 1.54) is 6.20 Å². The summed E-state index contributed by atoms with van der Waals surface area (Å²) in [7, 11) is 0. The van der Waals surface area contributed by atoms with Crippen LogP contribution in [0.1, 0.15) is 16.1 Å². The van der Waals surface area contributed by atoms with Crippen LogP contribution in [-0.4, -0.2) is 21.0 Å². The first kappa shape index (κ1) is 7.79. The molecule has 0 atom stereocenters. The highest BCUT2D eigenvalue weighted by molar-refractivity contribution is 6.03. The number of aryl methyl sites for hydroxylation is 1. The summed E-state index contributed by atoms with van der Waals surface area (Å²) >= 11 is 0. The van der Waals surface area contributed by atoms with Crippen molar-refractivity contribution < 1.29 is 9.90 Å². The van der Waals surface area contributed by atoms with Gasteiger partial charge in [0, 0.05) is 29.0 Å². The van der Waals surface area contributed by atoms with Crippen LogP contribution in [-0.2, 0) is 0 Å². The molecule has 2 N–H and O–H groups in total. The molecule has 0 bridgehead atoms. The molecule has 66 valence electrons. The summed E-state index contributed by atoms with van der Waals surface area (Å²) in [6, 6.07) is 1.76. The molecular formula is C9H8N2O2. The average Bonchev–Trinajstić information content (AvgIpc) is 2.49. The lowest BCUT2D eigenvalue weighted by atomic mass is 10.1. The van der Waals surface area contributed by atoms with Gasteiger partial charge < -0.3 is 10.1 Å². The Morgan fingerprint density at radius 3 is 3.08 bits per heavy atom. The first-order valence-corrected chi connectivity index (χ1v) is 3.86. The van der Waals surface area contributed by atoms with E-state index < -0.39 is 5.97 Å². The number of aromatic nitrogens is 2. The van der Waals surface area contributed by atoms with E-state index in [9.17, 15) is 4.79 Å². The maximum atomic E-state index is 10.8. The lowest BCUT2D eigenvalue weighted by Crippen LogP contribution is -1.95. The number of aromatic amines is 1. The molecule has 0 unspecified atom stereocenters. The fraction of sp³-hybridized carbons (Fsp3) is 0.111. The minimum atomic E-state index is -0.928. The number of fused-ring (bicyclic) bond motifs is 1. The van der Waals surface area contributed by atoms with Gasteiger partial charge in [0.25, 0.3) is 0 Å². The molecule has 0 aliphatic carbocycles. The van der Waals surface area contributed by atoms with Crippen molar-refractivity contribution in [1.82, 2.24) is 9.97 Å². The van der Waals surface area contributed by atoms with Crippen LogP contribution in [0.4, 0.5) is 0 Å². The summed E-state index contributed by atoms with van der Waals surface area (Å²) in [4.78, 5) is 17.7. The molecule has 2 rings (SSSR count). The summed E-state index contributed by atoms with van der Waals surface area (Å²) in [5.41, 5.74) is 1.82. The Morgan fingerprint density at radius 2 is 2.38 bits per heavy atom. The molecule has 0 saturated heterocycles. The Morgan fingerprint density at radius 1 is 1.62 bits per heavy atom. The molecule has 0 radical (unpaired) electrons. The van der Waals surface area contributed by atoms with Gasteiger partial charge in [-0.3, -0.25) is 4.98 Å². The molecule has 4 nitrogen and oxygen atoms in total. The zero-order valence-electron chi connectivity index (χ0n) is 7.03. The molecule has 0 saturated carbocycles. The number of nitrogens with zero attached hydrogens (tertiary/aromatic N) is 1. The van der Waals surface area contributed by atoms with Crippen molar-refractivity contribution in [2.75, 3.05) is 0 Å². The van der Waals surface area contributed by atoms with E-state index in [4.69, 9.17) is 5.11 Å². The van der Waals surface area contributed by atoms with Crippen LogP contribution in [0.2, 0.25) is 0 Å². The van der Waals surface area contributed by atoms with Gasteiger partial charge >= 0.3 is 5.97 Å². The van der Waals surface area contributed by atoms with Crippen LogP contribution in [0.5, 0.6) is 0 Å². The molecule has 0 aromatic carbocycles. The SMILES string of the molecule is Cc1nccc2[nH]cc(C(=O)O)c12. The van der Waals surface area contributed by atoms with E-state index in [-0.39, 0.29) is 5.56 Å². The number of carboxylic acids is 1. The zero-order chi connectivity index (χ0) is 9.42. The number of nitrogens with one attached hydrogen (secondary N) is 1. The third-order valence-corrected chi connectivity index (χ3v) is 2.01. The number of H-pyrrole nitrogens is 1. The van der Waals surface area contributed by atoms with Gasteiger partial charge in [-0.1, -0.05) is 0 Å². The quantitative estimate of drug-likeness (QED) is 0.693. The number of carboxylic acid groups (broad SMARTS) is 1. The molecule has 2 aromatic heterocycles. The molecule has 0 amide bonds. The monoisotopic (exact) mass is 176 g/mol. The Balaban J connectivity index is 2.86. The standard InChI is InChI=1S/C9H8N2O2/c1-5-8-6(9(12)13)4-11-7(8)2-3-10-5/h2-4,11H,1H3,(H,12,13). The Labute approximate surface area is 74.2 Å². The van der Waals surface area contributed by atoms with E-state index in [0.29, 0.717) is 5.39 Å². The Hall–Kier alpha value is -1.84. The first-order chi connectivity index (χ1) is 6.20. The molecule has 13 heavy (non-hydrogen) atoms. The van der Waals surface area contributed by atoms with E-state index in [2.05, 4.69) is 9.97 Å². The van der Waals surface area contributed by atoms with Gasteiger partial charge in [0.15, 0.2) is 0 Å². The van der Waals surface area contributed by atoms with Crippen molar-refractivity contribution in [3.63, 3.8) is 0 Å². The van der Waals surface area contributed by atoms with Crippen LogP contribution in [0.25, 0.3) is 10.9 Å². The summed E-state index contributed by atoms with van der Waals surface area (Å²) in [5.74, 6) is -0.928. The number of rotatable bonds is 1. The van der Waals surface area contributed by atoms with Crippen molar-refractivity contribution >= 4 is 16.9 Å². The second-order valence-electron chi connectivity index (χ2n) is 2.83. The van der Waals surface area contributed by atoms with Gasteiger partial charge in [0.1, 0.15) is 0 Å². The van der Waals surface area contributed by atoms with Gasteiger partial charge in [-0.15, -0.1) is 0 Å². The summed E-state index contributed by atoms with van der Waals surface area (Å²) in [6.07, 6.45) is 3.14. The van der Waals surface area contributed by atoms with Crippen molar-refractivity contribution in [2.24, 2.45) is 0 Å². The van der Waals surface area contributed by atoms with Crippen LogP contribution in [0.3, 0.4) is 0 Å². The average molecular weight is 176 g/mol. The summed E-state index contributed by atoms with van der Waals surface area (Å²) in [5, 5.41) is 9.54. The number of hydrogen-bond acceptors (Lipinski definition) is 2. The van der Waals surface area contributed by atoms with Crippen molar-refractivity contribution in [1.29, 1.82) is 0 Å². The molecule has 0 spiro atoms. The summed E-state index contributed by atoms with van der Waals surface area (Å²) in [6.45, 7) is 1.79. The fourth-order valence-electron chi connectivity index (χ4n) is 1.42. The molecule has 2 aromatic rings. The number of carbonyl (C=O) groups is 1. The maximum Gasteiger partial charge on any atom is 0.337 e. The first-order valence-electron chi connectivity index (χ1n) is 3.86. The van der Waals surface area contributed by atoms with Gasteiger partial charge in [0.05, 0.1) is 5.56 Å². The number of aromatic carboxylic acids is 1. The molecule has 0 aliphatic heterocycles. The molecule has 4 heteroatoms. The van der Waals surface area contributed by atoms with Crippen LogP contribution >= 0.6 is 0 Å². The Bertz CT molecular complexity index is 473. The van der Waals surface area contributed by atoms with Gasteiger partial charge in [-0.05, 0) is 13.0 Å². The third kappa shape index (κ3) is 1.07. The maximum absolute atomic E-state index is 10.8. The second kappa shape index (κ2) is 2.58. The third-order valence-electron chi connectivity index (χ3n) is 2.01. The van der Waals surface area contributed by atoms with E-state index in [1.807, 2.05) is 0 Å². The molecule has 0 aliphatic rings. The highest BCUT2D eigenvalue weighted by Gasteiger charge is 2.12. The van der Waals surface area contributed by atoms with E-state index >= 15 is 0 Å². The highest BCUT2D eigenvalue weighted by Crippen LogP contribution is 2.19. The van der Waals surface area contributed by atoms with Gasteiger partial charge in [0.2, 0.25) is 0 Å². The lowest BCUT2D eigenvalue weighted by Gasteiger charge is -1.95. The van der Waals surface area contributed by atoms with Crippen LogP contribution < -0.4 is 0 Å². The zero-order valence-corrected chi connectivity index (χ0v) is 7.03. The largest absolute Gasteiger partial charge is 0.478 e. The molecule has 2 heterocycles. The van der Waals surface area contributed by atoms with E-state index in [1.54, 1.807) is 19.2 Å². The predicted octanol–water partition coefficient (Wildman–Crippen LogP) is 1.57. The van der Waals surface area contributed by atoms with Crippen LogP contribution in [0, 0.1) is 6.92 Å². The van der Waals surface area contributed by atoms with Gasteiger partial charge in [-0.2, -0.15) is 0 Å². The fourth-order valence-corrected chi connectivity index (χ4v) is 1.42. The molecular weight excluding hydrogens is 168 g/mol. The molecule has 0 fully saturated rings. The second-order valence-corrected chi connectivity index (χ2v) is 2.83. The smallest absolute Gasteiger partial charge is 0.337 e. The number of pyridine rings is 1. The van der Waals surface area contributed by atoms with Crippen LogP contribution in [0.15, 0.2) is 18.5 Å². The predicted molar refractivity (Wildman–Crippen MR) is 47.8 cm³/mol. The van der Waals surface area contributed by atoms with Crippen molar-refractivity contribution in [2.45, 2.75) is 6.92 Å². The summed E-state index contributed by atoms with van der Waals surface area (Å²) < 4.78 is 0. The minimum absolute atomic E-state index is 0.278.